The summed E-state index contributed by atoms with van der Waals surface area (Å²) in [4.78, 5) is 14.6. The summed E-state index contributed by atoms with van der Waals surface area (Å²) in [5.74, 6) is 0.772. The molecule has 1 N–H and O–H groups in total. The summed E-state index contributed by atoms with van der Waals surface area (Å²) in [7, 11) is 2.19. The van der Waals surface area contributed by atoms with Crippen LogP contribution in [0.4, 0.5) is 0 Å². The highest BCUT2D eigenvalue weighted by Gasteiger charge is 2.24. The van der Waals surface area contributed by atoms with Gasteiger partial charge in [-0.05, 0) is 45.6 Å². The van der Waals surface area contributed by atoms with Gasteiger partial charge in [-0.3, -0.25) is 4.79 Å². The molecule has 134 valence electrons. The van der Waals surface area contributed by atoms with E-state index in [2.05, 4.69) is 24.2 Å². The zero-order chi connectivity index (χ0) is 16.7. The van der Waals surface area contributed by atoms with Crippen molar-refractivity contribution in [2.45, 2.75) is 89.9 Å². The molecule has 0 spiro atoms. The molecule has 2 saturated carbocycles. The third-order valence-corrected chi connectivity index (χ3v) is 5.62. The molecule has 4 heteroatoms. The molecule has 0 aliphatic heterocycles. The summed E-state index contributed by atoms with van der Waals surface area (Å²) < 4.78 is 5.97. The Morgan fingerprint density at radius 2 is 1.91 bits per heavy atom. The lowest BCUT2D eigenvalue weighted by Gasteiger charge is -2.31. The molecule has 2 aliphatic rings. The molecule has 0 aromatic rings. The third kappa shape index (κ3) is 6.42. The zero-order valence-corrected chi connectivity index (χ0v) is 15.4. The number of hydrogen-bond acceptors (Lipinski definition) is 3. The fourth-order valence-electron chi connectivity index (χ4n) is 4.06. The number of nitrogens with zero attached hydrogens (tertiary/aromatic N) is 1. The molecule has 2 rings (SSSR count). The van der Waals surface area contributed by atoms with Gasteiger partial charge in [0.05, 0.1) is 6.10 Å². The summed E-state index contributed by atoms with van der Waals surface area (Å²) in [6.45, 7) is 5.82. The van der Waals surface area contributed by atoms with Crippen molar-refractivity contribution in [3.8, 4) is 0 Å². The molecule has 0 saturated heterocycles. The molecular weight excluding hydrogens is 288 g/mol. The first-order valence-corrected chi connectivity index (χ1v) is 9.69. The molecule has 2 aliphatic carbocycles. The molecule has 3 atom stereocenters. The van der Waals surface area contributed by atoms with Gasteiger partial charge in [-0.2, -0.15) is 0 Å². The molecule has 2 fully saturated rings. The zero-order valence-electron chi connectivity index (χ0n) is 15.4. The lowest BCUT2D eigenvalue weighted by Crippen LogP contribution is -2.43. The third-order valence-electron chi connectivity index (χ3n) is 5.62. The highest BCUT2D eigenvalue weighted by atomic mass is 16.5. The monoisotopic (exact) mass is 324 g/mol. The minimum Gasteiger partial charge on any atom is -0.365 e. The highest BCUT2D eigenvalue weighted by molar-refractivity contribution is 5.80. The SMILES string of the molecule is CC1CCCC(OC(C)C(=O)NCCN(C)C2CCCCC2)C1. The van der Waals surface area contributed by atoms with Gasteiger partial charge in [0.1, 0.15) is 6.10 Å². The van der Waals surface area contributed by atoms with Crippen LogP contribution in [0.1, 0.15) is 71.6 Å². The summed E-state index contributed by atoms with van der Waals surface area (Å²) in [5, 5.41) is 3.05. The summed E-state index contributed by atoms with van der Waals surface area (Å²) in [6, 6.07) is 0.707. The topological polar surface area (TPSA) is 41.6 Å². The van der Waals surface area contributed by atoms with Crippen molar-refractivity contribution in [3.63, 3.8) is 0 Å². The second-order valence-electron chi connectivity index (χ2n) is 7.74. The van der Waals surface area contributed by atoms with Crippen molar-refractivity contribution < 1.29 is 9.53 Å². The number of amides is 1. The second-order valence-corrected chi connectivity index (χ2v) is 7.74. The van der Waals surface area contributed by atoms with Crippen molar-refractivity contribution in [2.24, 2.45) is 5.92 Å². The van der Waals surface area contributed by atoms with Crippen LogP contribution in [0.3, 0.4) is 0 Å². The van der Waals surface area contributed by atoms with Gasteiger partial charge in [-0.25, -0.2) is 0 Å². The normalized spacial score (nSPS) is 27.8. The Hall–Kier alpha value is -0.610. The largest absolute Gasteiger partial charge is 0.365 e. The maximum atomic E-state index is 12.2. The van der Waals surface area contributed by atoms with Gasteiger partial charge in [0, 0.05) is 19.1 Å². The Kier molecular flexibility index (Phi) is 7.84. The van der Waals surface area contributed by atoms with Crippen molar-refractivity contribution in [2.75, 3.05) is 20.1 Å². The molecular formula is C19H36N2O2. The van der Waals surface area contributed by atoms with Gasteiger partial charge in [-0.15, -0.1) is 0 Å². The standard InChI is InChI=1S/C19H36N2O2/c1-15-8-7-11-18(14-15)23-16(2)19(22)20-12-13-21(3)17-9-5-4-6-10-17/h15-18H,4-14H2,1-3H3,(H,20,22). The number of likely N-dealkylation sites (N-methyl/N-ethyl adjacent to an activating group) is 1. The minimum absolute atomic E-state index is 0.0419. The van der Waals surface area contributed by atoms with E-state index in [4.69, 9.17) is 4.74 Å². The molecule has 0 bridgehead atoms. The minimum atomic E-state index is -0.328. The molecule has 0 radical (unpaired) electrons. The Bertz CT molecular complexity index is 355. The number of carbonyl (C=O) groups is 1. The Morgan fingerprint density at radius 1 is 1.17 bits per heavy atom. The average Bonchev–Trinajstić information content (AvgIpc) is 2.55. The van der Waals surface area contributed by atoms with Crippen LogP contribution in [0.25, 0.3) is 0 Å². The van der Waals surface area contributed by atoms with Gasteiger partial charge in [0.2, 0.25) is 5.91 Å². The van der Waals surface area contributed by atoms with Gasteiger partial charge in [0.25, 0.3) is 0 Å². The first kappa shape index (κ1) is 18.7. The Balaban J connectivity index is 1.61. The fourth-order valence-corrected chi connectivity index (χ4v) is 4.06. The average molecular weight is 325 g/mol. The van der Waals surface area contributed by atoms with E-state index in [1.165, 1.54) is 44.9 Å². The van der Waals surface area contributed by atoms with Crippen LogP contribution in [0.5, 0.6) is 0 Å². The Morgan fingerprint density at radius 3 is 2.61 bits per heavy atom. The lowest BCUT2D eigenvalue weighted by molar-refractivity contribution is -0.137. The molecule has 0 aromatic heterocycles. The molecule has 0 aromatic carbocycles. The van der Waals surface area contributed by atoms with Crippen LogP contribution < -0.4 is 5.32 Å². The summed E-state index contributed by atoms with van der Waals surface area (Å²) in [6.07, 6.45) is 11.4. The van der Waals surface area contributed by atoms with Gasteiger partial charge >= 0.3 is 0 Å². The quantitative estimate of drug-likeness (QED) is 0.781. The van der Waals surface area contributed by atoms with Gasteiger partial charge in [-0.1, -0.05) is 39.0 Å². The first-order chi connectivity index (χ1) is 11.1. The van der Waals surface area contributed by atoms with Gasteiger partial charge in [0.15, 0.2) is 0 Å². The maximum absolute atomic E-state index is 12.2. The number of rotatable bonds is 7. The molecule has 4 nitrogen and oxygen atoms in total. The van der Waals surface area contributed by atoms with Crippen LogP contribution in [-0.4, -0.2) is 49.2 Å². The molecule has 0 heterocycles. The summed E-state index contributed by atoms with van der Waals surface area (Å²) >= 11 is 0. The van der Waals surface area contributed by atoms with E-state index in [9.17, 15) is 4.79 Å². The first-order valence-electron chi connectivity index (χ1n) is 9.69. The van der Waals surface area contributed by atoms with E-state index in [1.807, 2.05) is 6.92 Å². The van der Waals surface area contributed by atoms with E-state index in [-0.39, 0.29) is 18.1 Å². The van der Waals surface area contributed by atoms with Crippen LogP contribution in [0.2, 0.25) is 0 Å². The highest BCUT2D eigenvalue weighted by Crippen LogP contribution is 2.26. The van der Waals surface area contributed by atoms with Crippen LogP contribution in [-0.2, 0) is 9.53 Å². The van der Waals surface area contributed by atoms with Crippen LogP contribution in [0, 0.1) is 5.92 Å². The predicted molar refractivity (Wildman–Crippen MR) is 94.5 cm³/mol. The fraction of sp³-hybridized carbons (Fsp3) is 0.947. The van der Waals surface area contributed by atoms with Crippen LogP contribution in [0.15, 0.2) is 0 Å². The molecule has 23 heavy (non-hydrogen) atoms. The number of hydrogen-bond donors (Lipinski definition) is 1. The number of carbonyl (C=O) groups excluding carboxylic acids is 1. The smallest absolute Gasteiger partial charge is 0.248 e. The number of nitrogens with one attached hydrogen (secondary N) is 1. The van der Waals surface area contributed by atoms with E-state index in [0.29, 0.717) is 6.04 Å². The molecule has 1 amide bonds. The van der Waals surface area contributed by atoms with Crippen molar-refractivity contribution in [1.29, 1.82) is 0 Å². The maximum Gasteiger partial charge on any atom is 0.248 e. The number of ether oxygens (including phenoxy) is 1. The van der Waals surface area contributed by atoms with Crippen molar-refractivity contribution >= 4 is 5.91 Å². The van der Waals surface area contributed by atoms with E-state index in [1.54, 1.807) is 0 Å². The van der Waals surface area contributed by atoms with Gasteiger partial charge < -0.3 is 15.0 Å². The van der Waals surface area contributed by atoms with Crippen LogP contribution >= 0.6 is 0 Å². The lowest BCUT2D eigenvalue weighted by atomic mass is 9.88. The molecule has 3 unspecified atom stereocenters. The Labute approximate surface area is 142 Å². The van der Waals surface area contributed by atoms with Crippen molar-refractivity contribution in [1.82, 2.24) is 10.2 Å². The van der Waals surface area contributed by atoms with E-state index >= 15 is 0 Å². The second kappa shape index (κ2) is 9.63. The predicted octanol–water partition coefficient (Wildman–Crippen LogP) is 3.35. The van der Waals surface area contributed by atoms with E-state index < -0.39 is 0 Å². The van der Waals surface area contributed by atoms with E-state index in [0.717, 1.165) is 31.8 Å². The summed E-state index contributed by atoms with van der Waals surface area (Å²) in [5.41, 5.74) is 0. The van der Waals surface area contributed by atoms with Crippen molar-refractivity contribution in [3.05, 3.63) is 0 Å².